The first-order chi connectivity index (χ1) is 13.2. The molecule has 0 saturated carbocycles. The highest BCUT2D eigenvalue weighted by molar-refractivity contribution is 7.99. The smallest absolute Gasteiger partial charge is 0.0357 e. The molecule has 0 spiro atoms. The molecule has 2 atom stereocenters. The van der Waals surface area contributed by atoms with Gasteiger partial charge in [-0.05, 0) is 44.1 Å². The van der Waals surface area contributed by atoms with Gasteiger partial charge in [-0.1, -0.05) is 43.2 Å². The zero-order valence-corrected chi connectivity index (χ0v) is 17.8. The van der Waals surface area contributed by atoms with Crippen LogP contribution in [0.15, 0.2) is 47.6 Å². The lowest BCUT2D eigenvalue weighted by Gasteiger charge is -2.38. The van der Waals surface area contributed by atoms with Crippen molar-refractivity contribution in [3.63, 3.8) is 0 Å². The van der Waals surface area contributed by atoms with Crippen molar-refractivity contribution in [1.29, 1.82) is 0 Å². The summed E-state index contributed by atoms with van der Waals surface area (Å²) in [6, 6.07) is 12.3. The molecular weight excluding hydrogens is 350 g/mol. The summed E-state index contributed by atoms with van der Waals surface area (Å²) in [5, 5.41) is 3.57. The van der Waals surface area contributed by atoms with Crippen LogP contribution in [0, 0.1) is 6.92 Å². The number of hydrogen-bond donors (Lipinski definition) is 1. The quantitative estimate of drug-likeness (QED) is 0.649. The number of rotatable bonds is 8. The Bertz CT molecular complexity index is 701. The minimum Gasteiger partial charge on any atom is -0.312 e. The number of pyridine rings is 1. The van der Waals surface area contributed by atoms with E-state index in [4.69, 9.17) is 0 Å². The fourth-order valence-electron chi connectivity index (χ4n) is 3.90. The van der Waals surface area contributed by atoms with E-state index in [2.05, 4.69) is 66.3 Å². The van der Waals surface area contributed by atoms with Crippen LogP contribution in [0.25, 0.3) is 11.1 Å². The third-order valence-electron chi connectivity index (χ3n) is 5.39. The number of aromatic nitrogens is 1. The fraction of sp³-hybridized carbons (Fsp3) is 0.522. The highest BCUT2D eigenvalue weighted by atomic mass is 32.2. The molecule has 0 bridgehead atoms. The molecule has 0 aliphatic carbocycles. The van der Waals surface area contributed by atoms with Crippen LogP contribution in [0.4, 0.5) is 0 Å². The molecule has 1 aromatic carbocycles. The average Bonchev–Trinajstić information content (AvgIpc) is 2.68. The lowest BCUT2D eigenvalue weighted by Crippen LogP contribution is -2.52. The van der Waals surface area contributed by atoms with Crippen LogP contribution in [0.2, 0.25) is 0 Å². The van der Waals surface area contributed by atoms with Crippen LogP contribution in [0.3, 0.4) is 0 Å². The van der Waals surface area contributed by atoms with Gasteiger partial charge < -0.3 is 5.32 Å². The van der Waals surface area contributed by atoms with E-state index in [0.717, 1.165) is 12.3 Å². The minimum atomic E-state index is 0.610. The molecule has 3 rings (SSSR count). The molecule has 146 valence electrons. The van der Waals surface area contributed by atoms with Crippen LogP contribution >= 0.6 is 11.8 Å². The monoisotopic (exact) mass is 383 g/mol. The molecule has 0 radical (unpaired) electrons. The van der Waals surface area contributed by atoms with E-state index < -0.39 is 0 Å². The summed E-state index contributed by atoms with van der Waals surface area (Å²) in [5.41, 5.74) is 3.81. The van der Waals surface area contributed by atoms with E-state index in [0.29, 0.717) is 12.1 Å². The Hall–Kier alpha value is -1.36. The number of hydrogen-bond acceptors (Lipinski definition) is 4. The molecule has 2 aromatic rings. The zero-order chi connectivity index (χ0) is 19.1. The number of nitrogens with one attached hydrogen (secondary N) is 1. The van der Waals surface area contributed by atoms with Crippen LogP contribution in [-0.2, 0) is 0 Å². The second-order valence-electron chi connectivity index (χ2n) is 7.67. The van der Waals surface area contributed by atoms with E-state index in [1.807, 2.05) is 24.2 Å². The lowest BCUT2D eigenvalue weighted by atomic mass is 10.1. The number of nitrogens with zero attached hydrogens (tertiary/aromatic N) is 2. The topological polar surface area (TPSA) is 28.2 Å². The maximum atomic E-state index is 4.37. The van der Waals surface area contributed by atoms with Crippen molar-refractivity contribution >= 4 is 11.8 Å². The summed E-state index contributed by atoms with van der Waals surface area (Å²) >= 11 is 1.98. The maximum Gasteiger partial charge on any atom is 0.0357 e. The van der Waals surface area contributed by atoms with Crippen molar-refractivity contribution in [1.82, 2.24) is 15.2 Å². The second kappa shape index (κ2) is 10.3. The second-order valence-corrected chi connectivity index (χ2v) is 8.80. The van der Waals surface area contributed by atoms with Crippen molar-refractivity contribution in [2.75, 3.05) is 25.4 Å². The highest BCUT2D eigenvalue weighted by Gasteiger charge is 2.22. The van der Waals surface area contributed by atoms with E-state index >= 15 is 0 Å². The summed E-state index contributed by atoms with van der Waals surface area (Å²) in [6.45, 7) is 10.2. The Kier molecular flexibility index (Phi) is 7.74. The van der Waals surface area contributed by atoms with Gasteiger partial charge in [0.15, 0.2) is 0 Å². The van der Waals surface area contributed by atoms with Gasteiger partial charge in [0.05, 0.1) is 0 Å². The minimum absolute atomic E-state index is 0.610. The van der Waals surface area contributed by atoms with Crippen molar-refractivity contribution in [2.45, 2.75) is 57.0 Å². The highest BCUT2D eigenvalue weighted by Crippen LogP contribution is 2.32. The van der Waals surface area contributed by atoms with Gasteiger partial charge in [0.1, 0.15) is 0 Å². The summed E-state index contributed by atoms with van der Waals surface area (Å²) in [7, 11) is 0. The first-order valence-electron chi connectivity index (χ1n) is 10.3. The first kappa shape index (κ1) is 20.4. The van der Waals surface area contributed by atoms with Crippen LogP contribution in [-0.4, -0.2) is 47.4 Å². The van der Waals surface area contributed by atoms with Gasteiger partial charge in [0.2, 0.25) is 0 Å². The van der Waals surface area contributed by atoms with Crippen LogP contribution in [0.5, 0.6) is 0 Å². The number of benzene rings is 1. The van der Waals surface area contributed by atoms with Crippen molar-refractivity contribution < 1.29 is 0 Å². The molecule has 2 heterocycles. The first-order valence-corrected chi connectivity index (χ1v) is 11.3. The molecule has 3 nitrogen and oxygen atoms in total. The van der Waals surface area contributed by atoms with Crippen molar-refractivity contribution in [2.24, 2.45) is 0 Å². The maximum absolute atomic E-state index is 4.37. The molecular formula is C23H33N3S. The molecule has 1 aliphatic heterocycles. The normalized spacial score (nSPS) is 19.1. The fourth-order valence-corrected chi connectivity index (χ4v) is 4.99. The van der Waals surface area contributed by atoms with E-state index in [-0.39, 0.29) is 0 Å². The zero-order valence-electron chi connectivity index (χ0n) is 16.9. The lowest BCUT2D eigenvalue weighted by molar-refractivity contribution is 0.138. The summed E-state index contributed by atoms with van der Waals surface area (Å²) < 4.78 is 0. The third-order valence-corrected chi connectivity index (χ3v) is 6.50. The van der Waals surface area contributed by atoms with Crippen molar-refractivity contribution in [3.05, 3.63) is 48.3 Å². The van der Waals surface area contributed by atoms with Crippen LogP contribution < -0.4 is 5.32 Å². The predicted octanol–water partition coefficient (Wildman–Crippen LogP) is 5.00. The molecule has 1 aliphatic rings. The number of piperazine rings is 1. The van der Waals surface area contributed by atoms with Crippen LogP contribution in [0.1, 0.15) is 38.7 Å². The largest absolute Gasteiger partial charge is 0.312 e. The Labute approximate surface area is 169 Å². The SMILES string of the molecule is CCCC(CCSc1ccncc1-c1ccc(C)cc1)N1CCNC(C)C1. The molecule has 1 N–H and O–H groups in total. The molecule has 4 heteroatoms. The van der Waals surface area contributed by atoms with E-state index in [9.17, 15) is 0 Å². The Morgan fingerprint density at radius 1 is 1.22 bits per heavy atom. The standard InChI is InChI=1S/C23H33N3S/c1-4-5-21(26-14-13-25-19(3)17-26)11-15-27-23-10-12-24-16-22(23)20-8-6-18(2)7-9-20/h6-10,12,16,19,21,25H,4-5,11,13-15,17H2,1-3H3. The molecule has 0 amide bonds. The van der Waals surface area contributed by atoms with E-state index in [1.54, 1.807) is 0 Å². The predicted molar refractivity (Wildman–Crippen MR) is 117 cm³/mol. The molecule has 1 fully saturated rings. The summed E-state index contributed by atoms with van der Waals surface area (Å²) in [5.74, 6) is 1.16. The summed E-state index contributed by atoms with van der Waals surface area (Å²) in [4.78, 5) is 8.42. The average molecular weight is 384 g/mol. The molecule has 1 saturated heterocycles. The molecule has 27 heavy (non-hydrogen) atoms. The molecule has 2 unspecified atom stereocenters. The van der Waals surface area contributed by atoms with Gasteiger partial charge in [-0.25, -0.2) is 0 Å². The van der Waals surface area contributed by atoms with Gasteiger partial charge >= 0.3 is 0 Å². The van der Waals surface area contributed by atoms with Gasteiger partial charge in [0, 0.05) is 54.6 Å². The number of aryl methyl sites for hydroxylation is 1. The molecule has 1 aromatic heterocycles. The Morgan fingerprint density at radius 3 is 2.78 bits per heavy atom. The third kappa shape index (κ3) is 5.81. The Balaban J connectivity index is 1.63. The van der Waals surface area contributed by atoms with Gasteiger partial charge in [-0.3, -0.25) is 9.88 Å². The van der Waals surface area contributed by atoms with Crippen molar-refractivity contribution in [3.8, 4) is 11.1 Å². The van der Waals surface area contributed by atoms with E-state index in [1.165, 1.54) is 53.9 Å². The Morgan fingerprint density at radius 2 is 2.04 bits per heavy atom. The summed E-state index contributed by atoms with van der Waals surface area (Å²) in [6.07, 6.45) is 7.74. The van der Waals surface area contributed by atoms with Gasteiger partial charge in [-0.15, -0.1) is 11.8 Å². The van der Waals surface area contributed by atoms with Gasteiger partial charge in [-0.2, -0.15) is 0 Å². The van der Waals surface area contributed by atoms with Gasteiger partial charge in [0.25, 0.3) is 0 Å². The number of thioether (sulfide) groups is 1.